The van der Waals surface area contributed by atoms with Crippen molar-refractivity contribution in [2.75, 3.05) is 6.54 Å². The first-order chi connectivity index (χ1) is 11.5. The Kier molecular flexibility index (Phi) is 4.71. The number of rotatable bonds is 6. The molecule has 0 spiro atoms. The van der Waals surface area contributed by atoms with Crippen molar-refractivity contribution in [3.05, 3.63) is 66.5 Å². The lowest BCUT2D eigenvalue weighted by molar-refractivity contribution is 0.161. The van der Waals surface area contributed by atoms with Crippen LogP contribution in [0.2, 0.25) is 0 Å². The fourth-order valence-corrected chi connectivity index (χ4v) is 4.08. The molecule has 0 aliphatic heterocycles. The van der Waals surface area contributed by atoms with Gasteiger partial charge in [0, 0.05) is 30.9 Å². The summed E-state index contributed by atoms with van der Waals surface area (Å²) in [4.78, 5) is 0.258. The summed E-state index contributed by atoms with van der Waals surface area (Å²) >= 11 is 0. The average Bonchev–Trinajstić information content (AvgIpc) is 3.00. The molecule has 0 amide bonds. The lowest BCUT2D eigenvalue weighted by Crippen LogP contribution is -2.26. The second-order valence-corrected chi connectivity index (χ2v) is 7.46. The van der Waals surface area contributed by atoms with Gasteiger partial charge in [-0.15, -0.1) is 0 Å². The zero-order valence-electron chi connectivity index (χ0n) is 13.4. The highest BCUT2D eigenvalue weighted by Gasteiger charge is 2.18. The standard InChI is InChI=1S/C18H20N2O3S/c1-20-13-5-9-16(20)17(21)11-12-19-24(22,23)18-10-4-7-14-6-2-3-8-15(14)18/h2-10,13,17,19,21H,11-12H2,1H3. The third-order valence-electron chi connectivity index (χ3n) is 4.07. The van der Waals surface area contributed by atoms with Crippen molar-refractivity contribution in [1.82, 2.24) is 9.29 Å². The first-order valence-electron chi connectivity index (χ1n) is 7.76. The molecule has 0 saturated carbocycles. The lowest BCUT2D eigenvalue weighted by atomic mass is 10.1. The number of aryl methyl sites for hydroxylation is 1. The molecule has 0 aliphatic rings. The van der Waals surface area contributed by atoms with E-state index < -0.39 is 16.1 Å². The summed E-state index contributed by atoms with van der Waals surface area (Å²) < 4.78 is 29.6. The largest absolute Gasteiger partial charge is 0.387 e. The molecule has 126 valence electrons. The van der Waals surface area contributed by atoms with E-state index in [4.69, 9.17) is 0 Å². The van der Waals surface area contributed by atoms with Gasteiger partial charge in [-0.2, -0.15) is 0 Å². The van der Waals surface area contributed by atoms with Crippen LogP contribution in [0, 0.1) is 0 Å². The van der Waals surface area contributed by atoms with Crippen LogP contribution in [0.1, 0.15) is 18.2 Å². The predicted molar refractivity (Wildman–Crippen MR) is 94.1 cm³/mol. The molecule has 0 saturated heterocycles. The maximum absolute atomic E-state index is 12.6. The molecule has 1 heterocycles. The molecule has 1 atom stereocenters. The summed E-state index contributed by atoms with van der Waals surface area (Å²) in [7, 11) is -1.78. The Morgan fingerprint density at radius 2 is 1.83 bits per heavy atom. The molecule has 1 unspecified atom stereocenters. The number of aromatic nitrogens is 1. The Morgan fingerprint density at radius 1 is 1.08 bits per heavy atom. The minimum atomic E-state index is -3.63. The Bertz CT molecular complexity index is 942. The van der Waals surface area contributed by atoms with Crippen LogP contribution in [0.4, 0.5) is 0 Å². The van der Waals surface area contributed by atoms with E-state index in [0.717, 1.165) is 11.1 Å². The third-order valence-corrected chi connectivity index (χ3v) is 5.59. The molecule has 2 N–H and O–H groups in total. The normalized spacial score (nSPS) is 13.2. The number of sulfonamides is 1. The Labute approximate surface area is 141 Å². The number of benzene rings is 2. The van der Waals surface area contributed by atoms with Gasteiger partial charge in [-0.3, -0.25) is 0 Å². The molecule has 2 aromatic carbocycles. The SMILES string of the molecule is Cn1cccc1C(O)CCNS(=O)(=O)c1cccc2ccccc12. The highest BCUT2D eigenvalue weighted by molar-refractivity contribution is 7.89. The summed E-state index contributed by atoms with van der Waals surface area (Å²) in [5.41, 5.74) is 0.763. The maximum Gasteiger partial charge on any atom is 0.241 e. The van der Waals surface area contributed by atoms with Crippen LogP contribution in [0.3, 0.4) is 0 Å². The number of aliphatic hydroxyl groups excluding tert-OH is 1. The molecular formula is C18H20N2O3S. The van der Waals surface area contributed by atoms with Gasteiger partial charge in [0.1, 0.15) is 0 Å². The molecule has 0 fully saturated rings. The molecule has 0 bridgehead atoms. The molecule has 3 aromatic rings. The van der Waals surface area contributed by atoms with Crippen LogP contribution in [-0.2, 0) is 17.1 Å². The van der Waals surface area contributed by atoms with Gasteiger partial charge in [0.2, 0.25) is 10.0 Å². The number of nitrogens with one attached hydrogen (secondary N) is 1. The zero-order chi connectivity index (χ0) is 17.2. The van der Waals surface area contributed by atoms with E-state index >= 15 is 0 Å². The molecule has 0 aliphatic carbocycles. The summed E-state index contributed by atoms with van der Waals surface area (Å²) in [6.45, 7) is 0.165. The van der Waals surface area contributed by atoms with Gasteiger partial charge >= 0.3 is 0 Å². The van der Waals surface area contributed by atoms with Crippen molar-refractivity contribution in [3.63, 3.8) is 0 Å². The highest BCUT2D eigenvalue weighted by Crippen LogP contribution is 2.23. The summed E-state index contributed by atoms with van der Waals surface area (Å²) in [6.07, 6.45) is 1.45. The average molecular weight is 344 g/mol. The Hall–Kier alpha value is -2.15. The minimum Gasteiger partial charge on any atom is -0.387 e. The monoisotopic (exact) mass is 344 g/mol. The van der Waals surface area contributed by atoms with E-state index in [2.05, 4.69) is 4.72 Å². The zero-order valence-corrected chi connectivity index (χ0v) is 14.2. The van der Waals surface area contributed by atoms with Crippen molar-refractivity contribution in [2.45, 2.75) is 17.4 Å². The topological polar surface area (TPSA) is 71.3 Å². The quantitative estimate of drug-likeness (QED) is 0.722. The van der Waals surface area contributed by atoms with Crippen molar-refractivity contribution >= 4 is 20.8 Å². The fraction of sp³-hybridized carbons (Fsp3) is 0.222. The molecule has 0 radical (unpaired) electrons. The number of hydrogen-bond donors (Lipinski definition) is 2. The van der Waals surface area contributed by atoms with Gasteiger partial charge in [-0.25, -0.2) is 13.1 Å². The van der Waals surface area contributed by atoms with Gasteiger partial charge in [-0.1, -0.05) is 36.4 Å². The van der Waals surface area contributed by atoms with Crippen LogP contribution in [0.25, 0.3) is 10.8 Å². The summed E-state index contributed by atoms with van der Waals surface area (Å²) in [5, 5.41) is 11.7. The minimum absolute atomic E-state index is 0.165. The van der Waals surface area contributed by atoms with Gasteiger partial charge in [0.15, 0.2) is 0 Å². The molecule has 3 rings (SSSR count). The van der Waals surface area contributed by atoms with E-state index in [0.29, 0.717) is 11.8 Å². The maximum atomic E-state index is 12.6. The summed E-state index contributed by atoms with van der Waals surface area (Å²) in [5.74, 6) is 0. The van der Waals surface area contributed by atoms with Crippen molar-refractivity contribution in [2.24, 2.45) is 7.05 Å². The van der Waals surface area contributed by atoms with Crippen molar-refractivity contribution < 1.29 is 13.5 Å². The van der Waals surface area contributed by atoms with Crippen molar-refractivity contribution in [1.29, 1.82) is 0 Å². The van der Waals surface area contributed by atoms with Gasteiger partial charge in [0.05, 0.1) is 11.0 Å². The lowest BCUT2D eigenvalue weighted by Gasteiger charge is -2.13. The first kappa shape index (κ1) is 16.7. The number of hydrogen-bond acceptors (Lipinski definition) is 3. The van der Waals surface area contributed by atoms with E-state index in [1.165, 1.54) is 0 Å². The molecule has 6 heteroatoms. The van der Waals surface area contributed by atoms with Gasteiger partial charge in [-0.05, 0) is 30.0 Å². The predicted octanol–water partition coefficient (Wildman–Crippen LogP) is 2.58. The smallest absolute Gasteiger partial charge is 0.241 e. The molecular weight excluding hydrogens is 324 g/mol. The Balaban J connectivity index is 1.73. The summed E-state index contributed by atoms with van der Waals surface area (Å²) in [6, 6.07) is 16.3. The van der Waals surface area contributed by atoms with E-state index in [9.17, 15) is 13.5 Å². The number of fused-ring (bicyclic) bond motifs is 1. The van der Waals surface area contributed by atoms with Crippen molar-refractivity contribution in [3.8, 4) is 0 Å². The van der Waals surface area contributed by atoms with Crippen LogP contribution in [0.5, 0.6) is 0 Å². The van der Waals surface area contributed by atoms with Gasteiger partial charge < -0.3 is 9.67 Å². The van der Waals surface area contributed by atoms with E-state index in [-0.39, 0.29) is 11.4 Å². The van der Waals surface area contributed by atoms with Crippen LogP contribution >= 0.6 is 0 Å². The number of aliphatic hydroxyl groups is 1. The van der Waals surface area contributed by atoms with Crippen LogP contribution in [0.15, 0.2) is 65.7 Å². The second-order valence-electron chi connectivity index (χ2n) is 5.72. The molecule has 5 nitrogen and oxygen atoms in total. The van der Waals surface area contributed by atoms with E-state index in [1.807, 2.05) is 54.2 Å². The van der Waals surface area contributed by atoms with Gasteiger partial charge in [0.25, 0.3) is 0 Å². The van der Waals surface area contributed by atoms with Crippen LogP contribution < -0.4 is 4.72 Å². The van der Waals surface area contributed by atoms with E-state index in [1.54, 1.807) is 18.2 Å². The Morgan fingerprint density at radius 3 is 2.58 bits per heavy atom. The third kappa shape index (κ3) is 3.36. The van der Waals surface area contributed by atoms with Crippen LogP contribution in [-0.4, -0.2) is 24.6 Å². The molecule has 24 heavy (non-hydrogen) atoms. The second kappa shape index (κ2) is 6.76. The highest BCUT2D eigenvalue weighted by atomic mass is 32.2. The number of nitrogens with zero attached hydrogens (tertiary/aromatic N) is 1. The first-order valence-corrected chi connectivity index (χ1v) is 9.24. The fourth-order valence-electron chi connectivity index (χ4n) is 2.81. The molecule has 1 aromatic heterocycles.